The van der Waals surface area contributed by atoms with Crippen LogP contribution >= 0.6 is 0 Å². The van der Waals surface area contributed by atoms with E-state index in [2.05, 4.69) is 261 Å². The molecule has 5 heterocycles. The van der Waals surface area contributed by atoms with Crippen LogP contribution < -0.4 is 13.9 Å². The van der Waals surface area contributed by atoms with E-state index in [4.69, 9.17) is 4.74 Å². The van der Waals surface area contributed by atoms with Crippen LogP contribution in [-0.4, -0.2) is 4.57 Å². The smallest absolute Gasteiger partial charge is 0.392 e. The van der Waals surface area contributed by atoms with Crippen LogP contribution in [0.3, 0.4) is 0 Å². The van der Waals surface area contributed by atoms with Crippen molar-refractivity contribution in [1.82, 2.24) is 4.57 Å². The average molecular weight is 916 g/mol. The lowest BCUT2D eigenvalue weighted by Crippen LogP contribution is -2.78. The van der Waals surface area contributed by atoms with Crippen molar-refractivity contribution in [3.05, 3.63) is 192 Å². The molecule has 0 bridgehead atoms. The first-order valence-corrected chi connectivity index (χ1v) is 25.5. The molecule has 4 heteroatoms. The fraction of sp³-hybridized carbons (Fsp3) is 0.273. The maximum Gasteiger partial charge on any atom is 0.499 e. The Hall–Kier alpha value is -7.04. The van der Waals surface area contributed by atoms with Crippen molar-refractivity contribution in [3.63, 3.8) is 0 Å². The average Bonchev–Trinajstić information content (AvgIpc) is 3.84. The van der Waals surface area contributed by atoms with Gasteiger partial charge in [0.15, 0.2) is 23.0 Å². The normalized spacial score (nSPS) is 15.6. The SMILES string of the molecule is CC(C)c1cc2c(c(C(C)C)c1)OC13c4c(cc(-c5ccccc5)cc4-c4cc(-c5ccc(C(C)(C)C)cc5)cc[n+]41)-c1cccc4c1[n+]3c-2n4-c1ccc(C(C)(C)C(C)(C)C)cc1-c1ccccc1. The van der Waals surface area contributed by atoms with Crippen molar-refractivity contribution in [2.45, 2.75) is 112 Å². The fourth-order valence-corrected chi connectivity index (χ4v) is 11.5. The first kappa shape index (κ1) is 44.2. The monoisotopic (exact) mass is 916 g/mol. The minimum absolute atomic E-state index is 0.0271. The highest BCUT2D eigenvalue weighted by molar-refractivity contribution is 6.00. The van der Waals surface area contributed by atoms with Crippen molar-refractivity contribution in [2.75, 3.05) is 0 Å². The predicted octanol–water partition coefficient (Wildman–Crippen LogP) is 16.3. The topological polar surface area (TPSA) is 21.9 Å². The van der Waals surface area contributed by atoms with Crippen molar-refractivity contribution in [3.8, 4) is 78.6 Å². The minimum Gasteiger partial charge on any atom is -0.392 e. The number of ether oxygens (including phenoxy) is 1. The fourth-order valence-electron chi connectivity index (χ4n) is 11.5. The van der Waals surface area contributed by atoms with Crippen molar-refractivity contribution in [2.24, 2.45) is 5.41 Å². The summed E-state index contributed by atoms with van der Waals surface area (Å²) in [4.78, 5) is 0. The van der Waals surface area contributed by atoms with Gasteiger partial charge in [-0.15, -0.1) is 9.13 Å². The van der Waals surface area contributed by atoms with Gasteiger partial charge in [-0.1, -0.05) is 186 Å². The second-order valence-electron chi connectivity index (χ2n) is 23.5. The summed E-state index contributed by atoms with van der Waals surface area (Å²) < 4.78 is 15.8. The highest BCUT2D eigenvalue weighted by Crippen LogP contribution is 2.56. The van der Waals surface area contributed by atoms with Gasteiger partial charge in [-0.25, -0.2) is 0 Å². The van der Waals surface area contributed by atoms with Gasteiger partial charge in [0.05, 0.1) is 5.56 Å². The molecule has 3 aliphatic rings. The Morgan fingerprint density at radius 1 is 0.514 bits per heavy atom. The summed E-state index contributed by atoms with van der Waals surface area (Å²) in [6.45, 7) is 28.0. The highest BCUT2D eigenvalue weighted by Gasteiger charge is 2.69. The lowest BCUT2D eigenvalue weighted by atomic mass is 9.65. The van der Waals surface area contributed by atoms with Crippen LogP contribution in [0.25, 0.3) is 83.9 Å². The lowest BCUT2D eigenvalue weighted by Gasteiger charge is -2.39. The summed E-state index contributed by atoms with van der Waals surface area (Å²) in [5.41, 5.74) is 22.8. The summed E-state index contributed by atoms with van der Waals surface area (Å²) in [7, 11) is 0. The number of pyridine rings is 1. The molecule has 0 saturated carbocycles. The molecule has 348 valence electrons. The highest BCUT2D eigenvalue weighted by atomic mass is 16.5. The van der Waals surface area contributed by atoms with Gasteiger partial charge in [-0.3, -0.25) is 0 Å². The molecular formula is C66H65N3O+2. The summed E-state index contributed by atoms with van der Waals surface area (Å²) in [5.74, 6) is 1.50. The van der Waals surface area contributed by atoms with Gasteiger partial charge in [0.1, 0.15) is 16.8 Å². The molecule has 4 nitrogen and oxygen atoms in total. The third-order valence-corrected chi connectivity index (χ3v) is 16.5. The third kappa shape index (κ3) is 6.27. The quantitative estimate of drug-likeness (QED) is 0.146. The van der Waals surface area contributed by atoms with E-state index in [-0.39, 0.29) is 22.2 Å². The molecule has 1 atom stereocenters. The van der Waals surface area contributed by atoms with E-state index in [1.165, 1.54) is 77.9 Å². The van der Waals surface area contributed by atoms with Crippen LogP contribution in [0.5, 0.6) is 5.75 Å². The summed E-state index contributed by atoms with van der Waals surface area (Å²) >= 11 is 0. The Balaban J connectivity index is 1.25. The third-order valence-electron chi connectivity index (χ3n) is 16.5. The number of imidazole rings is 1. The number of benzene rings is 7. The summed E-state index contributed by atoms with van der Waals surface area (Å²) in [5, 5.41) is 0. The van der Waals surface area contributed by atoms with E-state index in [0.29, 0.717) is 5.92 Å². The molecule has 7 aromatic carbocycles. The Bertz CT molecular complexity index is 3600. The maximum atomic E-state index is 8.15. The van der Waals surface area contributed by atoms with Gasteiger partial charge >= 0.3 is 11.7 Å². The Kier molecular flexibility index (Phi) is 9.61. The Morgan fingerprint density at radius 3 is 1.83 bits per heavy atom. The van der Waals surface area contributed by atoms with Crippen LogP contribution in [0.1, 0.15) is 123 Å². The lowest BCUT2D eigenvalue weighted by molar-refractivity contribution is -0.997. The van der Waals surface area contributed by atoms with E-state index < -0.39 is 5.85 Å². The standard InChI is InChI=1S/C66H65N3O/c1-40(2)46-34-51(41(3)4)61-55(35-46)62-68(56-31-30-49(65(11,12)64(8,9)10)39-52(56)44-22-17-14-18-23-44)57-25-19-24-50-53-36-47(42-20-15-13-16-21-42)37-54-58-38-45(43-26-28-48(29-27-43)63(5,6)7)32-33-67(58)66(70-61,59(53)54)69(62)60(50)57/h13-41H,1-12H3/q+2. The van der Waals surface area contributed by atoms with E-state index in [1.807, 2.05) is 0 Å². The molecule has 0 aliphatic carbocycles. The first-order valence-electron chi connectivity index (χ1n) is 25.5. The molecule has 2 aromatic heterocycles. The zero-order valence-electron chi connectivity index (χ0n) is 43.0. The minimum atomic E-state index is -1.09. The number of hydrogen-bond acceptors (Lipinski definition) is 1. The van der Waals surface area contributed by atoms with Crippen molar-refractivity contribution < 1.29 is 13.9 Å². The molecule has 70 heavy (non-hydrogen) atoms. The van der Waals surface area contributed by atoms with Gasteiger partial charge in [0, 0.05) is 28.8 Å². The molecule has 0 N–H and O–H groups in total. The number of nitrogens with zero attached hydrogens (tertiary/aromatic N) is 3. The Labute approximate surface area is 414 Å². The summed E-state index contributed by atoms with van der Waals surface area (Å²) in [6, 6.07) is 59.8. The van der Waals surface area contributed by atoms with Gasteiger partial charge in [-0.2, -0.15) is 4.57 Å². The second-order valence-corrected chi connectivity index (χ2v) is 23.5. The van der Waals surface area contributed by atoms with Crippen LogP contribution in [0, 0.1) is 5.41 Å². The van der Waals surface area contributed by atoms with Gasteiger partial charge in [0.25, 0.3) is 0 Å². The molecule has 0 fully saturated rings. The van der Waals surface area contributed by atoms with Crippen molar-refractivity contribution >= 4 is 11.0 Å². The number of para-hydroxylation sites is 1. The summed E-state index contributed by atoms with van der Waals surface area (Å²) in [6.07, 6.45) is 2.31. The van der Waals surface area contributed by atoms with Crippen LogP contribution in [0.15, 0.2) is 164 Å². The second kappa shape index (κ2) is 15.2. The van der Waals surface area contributed by atoms with E-state index >= 15 is 0 Å². The van der Waals surface area contributed by atoms with Gasteiger partial charge in [-0.05, 0) is 121 Å². The molecule has 1 spiro atoms. The molecule has 0 amide bonds. The maximum absolute atomic E-state index is 8.15. The molecule has 3 aliphatic heterocycles. The number of hydrogen-bond donors (Lipinski definition) is 0. The van der Waals surface area contributed by atoms with E-state index in [1.54, 1.807) is 0 Å². The zero-order valence-corrected chi connectivity index (χ0v) is 43.0. The van der Waals surface area contributed by atoms with E-state index in [0.717, 1.165) is 39.6 Å². The molecule has 12 rings (SSSR count). The molecular weight excluding hydrogens is 851 g/mol. The number of rotatable bonds is 7. The van der Waals surface area contributed by atoms with E-state index in [9.17, 15) is 0 Å². The largest absolute Gasteiger partial charge is 0.499 e. The molecule has 9 aromatic rings. The van der Waals surface area contributed by atoms with Crippen LogP contribution in [0.4, 0.5) is 0 Å². The molecule has 0 radical (unpaired) electrons. The van der Waals surface area contributed by atoms with Gasteiger partial charge < -0.3 is 4.74 Å². The van der Waals surface area contributed by atoms with Crippen LogP contribution in [-0.2, 0) is 16.7 Å². The van der Waals surface area contributed by atoms with Gasteiger partial charge in [0.2, 0.25) is 5.69 Å². The molecule has 0 saturated heterocycles. The zero-order chi connectivity index (χ0) is 48.8. The number of aromatic nitrogens is 3. The number of fused-ring (bicyclic) bond motifs is 5. The molecule has 1 unspecified atom stereocenters. The predicted molar refractivity (Wildman–Crippen MR) is 289 cm³/mol. The Morgan fingerprint density at radius 2 is 1.17 bits per heavy atom. The van der Waals surface area contributed by atoms with Crippen LogP contribution in [0.2, 0.25) is 0 Å². The van der Waals surface area contributed by atoms with Crippen molar-refractivity contribution in [1.29, 1.82) is 0 Å². The first-order chi connectivity index (χ1) is 33.4.